The zero-order valence-electron chi connectivity index (χ0n) is 17.2. The number of carbonyl (C=O) groups is 1. The first kappa shape index (κ1) is 20.5. The summed E-state index contributed by atoms with van der Waals surface area (Å²) >= 11 is 0. The van der Waals surface area contributed by atoms with Gasteiger partial charge in [-0.25, -0.2) is 12.4 Å². The van der Waals surface area contributed by atoms with Gasteiger partial charge in [-0.15, -0.1) is 0 Å². The van der Waals surface area contributed by atoms with Gasteiger partial charge in [0, 0.05) is 36.8 Å². The molecule has 1 saturated carbocycles. The Morgan fingerprint density at radius 3 is 2.37 bits per heavy atom. The molecular weight excluding hydrogens is 400 g/mol. The van der Waals surface area contributed by atoms with Crippen molar-refractivity contribution in [1.82, 2.24) is 3.97 Å². The molecule has 0 atom stereocenters. The van der Waals surface area contributed by atoms with E-state index < -0.39 is 15.6 Å². The molecule has 1 aromatic heterocycles. The van der Waals surface area contributed by atoms with E-state index in [0.29, 0.717) is 30.4 Å². The van der Waals surface area contributed by atoms with Crippen molar-refractivity contribution in [2.45, 2.75) is 42.6 Å². The Hall–Kier alpha value is -2.80. The van der Waals surface area contributed by atoms with E-state index in [1.54, 1.807) is 30.5 Å². The summed E-state index contributed by atoms with van der Waals surface area (Å²) < 4.78 is 34.5. The fourth-order valence-electron chi connectivity index (χ4n) is 4.56. The van der Waals surface area contributed by atoms with Crippen LogP contribution in [0.3, 0.4) is 0 Å². The van der Waals surface area contributed by atoms with Crippen molar-refractivity contribution in [3.63, 3.8) is 0 Å². The predicted octanol–water partition coefficient (Wildman–Crippen LogP) is 4.28. The smallest absolute Gasteiger partial charge is 0.294 e. The minimum absolute atomic E-state index is 0.234. The van der Waals surface area contributed by atoms with E-state index in [1.165, 1.54) is 3.97 Å². The maximum Gasteiger partial charge on any atom is 0.294 e. The topological polar surface area (TPSA) is 68.6 Å². The normalized spacial score (nSPS) is 16.3. The van der Waals surface area contributed by atoms with Gasteiger partial charge in [-0.05, 0) is 49.9 Å². The van der Waals surface area contributed by atoms with E-state index in [4.69, 9.17) is 4.74 Å². The van der Waals surface area contributed by atoms with Crippen molar-refractivity contribution >= 4 is 33.0 Å². The number of fused-ring (bicyclic) bond motifs is 1. The lowest BCUT2D eigenvalue weighted by Gasteiger charge is -2.36. The Morgan fingerprint density at radius 2 is 1.67 bits per heavy atom. The number of nitrogens with zero attached hydrogens (tertiary/aromatic N) is 2. The molecule has 158 valence electrons. The van der Waals surface area contributed by atoms with Crippen LogP contribution in [0, 0.1) is 0 Å². The van der Waals surface area contributed by atoms with E-state index in [1.807, 2.05) is 43.3 Å². The maximum absolute atomic E-state index is 13.8. The minimum Gasteiger partial charge on any atom is -0.455 e. The van der Waals surface area contributed by atoms with Gasteiger partial charge in [-0.2, -0.15) is 0 Å². The van der Waals surface area contributed by atoms with Crippen molar-refractivity contribution in [1.29, 1.82) is 0 Å². The number of carbonyl (C=O) groups excluding carboxylic acids is 1. The van der Waals surface area contributed by atoms with Crippen molar-refractivity contribution < 1.29 is 17.9 Å². The lowest BCUT2D eigenvalue weighted by Crippen LogP contribution is -2.35. The standard InChI is InChI=1S/C23H26N2O4S/c1-24(2)20-11-6-10-19-18(20)9-7-12-21(19)30(27,28)25-16-8-13-22(25)23(29-17-26)14-4-3-5-15-23/h6-13,16-17H,3-5,14-15H2,1-2H3. The van der Waals surface area contributed by atoms with Gasteiger partial charge < -0.3 is 9.64 Å². The number of aromatic nitrogens is 1. The van der Waals surface area contributed by atoms with Crippen LogP contribution in [0.2, 0.25) is 0 Å². The number of hydrogen-bond acceptors (Lipinski definition) is 5. The second-order valence-corrected chi connectivity index (χ2v) is 9.77. The summed E-state index contributed by atoms with van der Waals surface area (Å²) in [5.41, 5.74) is 0.552. The molecule has 0 spiro atoms. The highest BCUT2D eigenvalue weighted by molar-refractivity contribution is 7.90. The highest BCUT2D eigenvalue weighted by atomic mass is 32.2. The third kappa shape index (κ3) is 3.27. The first-order chi connectivity index (χ1) is 14.4. The molecule has 2 aromatic carbocycles. The van der Waals surface area contributed by atoms with Crippen LogP contribution in [0.25, 0.3) is 10.8 Å². The molecule has 0 saturated heterocycles. The first-order valence-corrected chi connectivity index (χ1v) is 11.6. The van der Waals surface area contributed by atoms with Crippen molar-refractivity contribution in [2.24, 2.45) is 0 Å². The van der Waals surface area contributed by atoms with Crippen molar-refractivity contribution in [2.75, 3.05) is 19.0 Å². The number of anilines is 1. The molecule has 1 aliphatic carbocycles. The van der Waals surface area contributed by atoms with Crippen LogP contribution in [0.1, 0.15) is 37.8 Å². The fourth-order valence-corrected chi connectivity index (χ4v) is 6.20. The zero-order chi connectivity index (χ0) is 21.4. The second kappa shape index (κ2) is 7.80. The van der Waals surface area contributed by atoms with Gasteiger partial charge in [-0.1, -0.05) is 30.7 Å². The summed E-state index contributed by atoms with van der Waals surface area (Å²) in [6.07, 6.45) is 5.61. The highest BCUT2D eigenvalue weighted by Gasteiger charge is 2.40. The molecule has 1 fully saturated rings. The van der Waals surface area contributed by atoms with Crippen molar-refractivity contribution in [3.05, 3.63) is 60.4 Å². The SMILES string of the molecule is CN(C)c1cccc2c(S(=O)(=O)n3cccc3C3(OC=O)CCCCC3)cccc12. The van der Waals surface area contributed by atoms with Crippen LogP contribution in [0.4, 0.5) is 5.69 Å². The van der Waals surface area contributed by atoms with E-state index >= 15 is 0 Å². The molecule has 0 radical (unpaired) electrons. The number of hydrogen-bond donors (Lipinski definition) is 0. The van der Waals surface area contributed by atoms with Crippen LogP contribution in [0.5, 0.6) is 0 Å². The summed E-state index contributed by atoms with van der Waals surface area (Å²) in [4.78, 5) is 13.5. The Balaban J connectivity index is 1.91. The zero-order valence-corrected chi connectivity index (χ0v) is 18.1. The molecule has 0 unspecified atom stereocenters. The Kier molecular flexibility index (Phi) is 5.32. The molecule has 0 N–H and O–H groups in total. The molecule has 0 aliphatic heterocycles. The maximum atomic E-state index is 13.8. The number of benzene rings is 2. The van der Waals surface area contributed by atoms with E-state index in [-0.39, 0.29) is 4.90 Å². The monoisotopic (exact) mass is 426 g/mol. The van der Waals surface area contributed by atoms with Gasteiger partial charge in [-0.3, -0.25) is 4.79 Å². The largest absolute Gasteiger partial charge is 0.455 e. The Bertz CT molecular complexity index is 1170. The predicted molar refractivity (Wildman–Crippen MR) is 117 cm³/mol. The van der Waals surface area contributed by atoms with Gasteiger partial charge in [0.15, 0.2) is 5.60 Å². The van der Waals surface area contributed by atoms with E-state index in [2.05, 4.69) is 0 Å². The van der Waals surface area contributed by atoms with Gasteiger partial charge >= 0.3 is 0 Å². The van der Waals surface area contributed by atoms with E-state index in [0.717, 1.165) is 30.3 Å². The summed E-state index contributed by atoms with van der Waals surface area (Å²) in [5, 5.41) is 1.53. The molecule has 6 nitrogen and oxygen atoms in total. The average molecular weight is 427 g/mol. The molecule has 30 heavy (non-hydrogen) atoms. The average Bonchev–Trinajstić information content (AvgIpc) is 3.25. The lowest BCUT2D eigenvalue weighted by atomic mass is 9.82. The fraction of sp³-hybridized carbons (Fsp3) is 0.348. The van der Waals surface area contributed by atoms with Gasteiger partial charge in [0.05, 0.1) is 10.6 Å². The summed E-state index contributed by atoms with van der Waals surface area (Å²) in [6, 6.07) is 14.4. The summed E-state index contributed by atoms with van der Waals surface area (Å²) in [6.45, 7) is 0.441. The highest BCUT2D eigenvalue weighted by Crippen LogP contribution is 2.41. The molecule has 4 rings (SSSR count). The van der Waals surface area contributed by atoms with Gasteiger partial charge in [0.1, 0.15) is 0 Å². The molecule has 0 amide bonds. The molecule has 1 heterocycles. The Morgan fingerprint density at radius 1 is 0.967 bits per heavy atom. The van der Waals surface area contributed by atoms with Gasteiger partial charge in [0.25, 0.3) is 16.5 Å². The number of rotatable bonds is 6. The van der Waals surface area contributed by atoms with Crippen LogP contribution < -0.4 is 4.90 Å². The minimum atomic E-state index is -3.90. The third-order valence-corrected chi connectivity index (χ3v) is 7.74. The molecule has 1 aliphatic rings. The van der Waals surface area contributed by atoms with Crippen LogP contribution in [0.15, 0.2) is 59.6 Å². The second-order valence-electron chi connectivity index (χ2n) is 7.99. The lowest BCUT2D eigenvalue weighted by molar-refractivity contribution is -0.149. The molecular formula is C23H26N2O4S. The number of ether oxygens (including phenoxy) is 1. The Labute approximate surface area is 177 Å². The third-order valence-electron chi connectivity index (χ3n) is 5.99. The van der Waals surface area contributed by atoms with E-state index in [9.17, 15) is 13.2 Å². The van der Waals surface area contributed by atoms with Crippen molar-refractivity contribution in [3.8, 4) is 0 Å². The first-order valence-electron chi connectivity index (χ1n) is 10.1. The summed E-state index contributed by atoms with van der Waals surface area (Å²) in [5.74, 6) is 0. The van der Waals surface area contributed by atoms with Crippen LogP contribution >= 0.6 is 0 Å². The molecule has 3 aromatic rings. The van der Waals surface area contributed by atoms with Crippen LogP contribution in [-0.4, -0.2) is 33.0 Å². The van der Waals surface area contributed by atoms with Crippen LogP contribution in [-0.2, 0) is 25.2 Å². The van der Waals surface area contributed by atoms with Gasteiger partial charge in [0.2, 0.25) is 0 Å². The quantitative estimate of drug-likeness (QED) is 0.551. The molecule has 0 bridgehead atoms. The summed E-state index contributed by atoms with van der Waals surface area (Å²) in [7, 11) is -0.0307. The molecule has 7 heteroatoms.